The van der Waals surface area contributed by atoms with Crippen LogP contribution in [-0.2, 0) is 11.3 Å². The molecule has 0 bridgehead atoms. The number of benzene rings is 2. The van der Waals surface area contributed by atoms with Crippen molar-refractivity contribution in [2.75, 3.05) is 5.32 Å². The number of aromatic nitrogens is 1. The van der Waals surface area contributed by atoms with Gasteiger partial charge in [-0.05, 0) is 72.8 Å². The smallest absolute Gasteiger partial charge is 0.253 e. The van der Waals surface area contributed by atoms with Crippen LogP contribution in [0.15, 0.2) is 47.3 Å². The molecule has 1 heterocycles. The van der Waals surface area contributed by atoms with Gasteiger partial charge < -0.3 is 15.6 Å². The van der Waals surface area contributed by atoms with Crippen molar-refractivity contribution < 1.29 is 9.59 Å². The third-order valence-corrected chi connectivity index (χ3v) is 4.44. The number of carbonyl (C=O) groups is 2. The van der Waals surface area contributed by atoms with Crippen LogP contribution in [0.25, 0.3) is 10.9 Å². The zero-order valence-corrected chi connectivity index (χ0v) is 15.5. The molecule has 0 radical (unpaired) electrons. The number of H-pyrrole nitrogens is 1. The maximum atomic E-state index is 12.3. The Morgan fingerprint density at radius 1 is 1.00 bits per heavy atom. The Morgan fingerprint density at radius 3 is 2.33 bits per heavy atom. The van der Waals surface area contributed by atoms with Gasteiger partial charge in [-0.1, -0.05) is 0 Å². The lowest BCUT2D eigenvalue weighted by molar-refractivity contribution is -0.114. The number of amides is 2. The van der Waals surface area contributed by atoms with Gasteiger partial charge in [-0.3, -0.25) is 14.4 Å². The minimum absolute atomic E-state index is 0.129. The molecule has 0 saturated carbocycles. The molecular weight excluding hydrogens is 342 g/mol. The SMILES string of the molecule is CC(=O)Nc1ccc(C(=O)NCc2cc3cc(C)c(C)cc3[nH]c2=O)cc1. The number of aryl methyl sites for hydroxylation is 2. The summed E-state index contributed by atoms with van der Waals surface area (Å²) >= 11 is 0. The van der Waals surface area contributed by atoms with Crippen LogP contribution in [-0.4, -0.2) is 16.8 Å². The Bertz CT molecular complexity index is 1080. The molecule has 0 saturated heterocycles. The Labute approximate surface area is 156 Å². The third kappa shape index (κ3) is 4.23. The molecule has 27 heavy (non-hydrogen) atoms. The number of hydrogen-bond donors (Lipinski definition) is 3. The van der Waals surface area contributed by atoms with Crippen molar-refractivity contribution in [3.63, 3.8) is 0 Å². The summed E-state index contributed by atoms with van der Waals surface area (Å²) in [5.41, 5.74) is 4.39. The second-order valence-electron chi connectivity index (χ2n) is 6.59. The van der Waals surface area contributed by atoms with Crippen molar-refractivity contribution in [1.82, 2.24) is 10.3 Å². The van der Waals surface area contributed by atoms with E-state index in [1.807, 2.05) is 26.0 Å². The molecule has 6 heteroatoms. The molecular formula is C21H21N3O3. The summed E-state index contributed by atoms with van der Waals surface area (Å²) in [6.45, 7) is 5.57. The van der Waals surface area contributed by atoms with Gasteiger partial charge in [-0.15, -0.1) is 0 Å². The summed E-state index contributed by atoms with van der Waals surface area (Å²) in [6, 6.07) is 12.3. The standard InChI is InChI=1S/C21H21N3O3/c1-12-8-16-10-17(21(27)24-19(16)9-13(12)2)11-22-20(26)15-4-6-18(7-5-15)23-14(3)25/h4-10H,11H2,1-3H3,(H,22,26)(H,23,25)(H,24,27). The maximum Gasteiger partial charge on any atom is 0.253 e. The summed E-state index contributed by atoms with van der Waals surface area (Å²) in [4.78, 5) is 38.5. The molecule has 6 nitrogen and oxygen atoms in total. The summed E-state index contributed by atoms with van der Waals surface area (Å²) in [6.07, 6.45) is 0. The molecule has 0 fully saturated rings. The minimum atomic E-state index is -0.288. The van der Waals surface area contributed by atoms with Crippen LogP contribution in [0.2, 0.25) is 0 Å². The summed E-state index contributed by atoms with van der Waals surface area (Å²) in [7, 11) is 0. The van der Waals surface area contributed by atoms with Crippen molar-refractivity contribution >= 4 is 28.4 Å². The van der Waals surface area contributed by atoms with Gasteiger partial charge in [0.1, 0.15) is 0 Å². The van der Waals surface area contributed by atoms with E-state index in [4.69, 9.17) is 0 Å². The molecule has 0 unspecified atom stereocenters. The first-order valence-corrected chi connectivity index (χ1v) is 8.62. The summed E-state index contributed by atoms with van der Waals surface area (Å²) in [5.74, 6) is -0.461. The first-order chi connectivity index (χ1) is 12.8. The highest BCUT2D eigenvalue weighted by atomic mass is 16.2. The van der Waals surface area contributed by atoms with Gasteiger partial charge in [0.05, 0.1) is 0 Å². The highest BCUT2D eigenvalue weighted by Crippen LogP contribution is 2.17. The normalized spacial score (nSPS) is 10.6. The topological polar surface area (TPSA) is 91.1 Å². The van der Waals surface area contributed by atoms with E-state index in [0.29, 0.717) is 16.8 Å². The molecule has 3 N–H and O–H groups in total. The third-order valence-electron chi connectivity index (χ3n) is 4.44. The fraction of sp³-hybridized carbons (Fsp3) is 0.190. The Morgan fingerprint density at radius 2 is 1.67 bits per heavy atom. The van der Waals surface area contributed by atoms with Crippen LogP contribution in [0.1, 0.15) is 34.0 Å². The Balaban J connectivity index is 1.75. The van der Waals surface area contributed by atoms with Crippen LogP contribution in [0.5, 0.6) is 0 Å². The molecule has 0 aliphatic rings. The number of fused-ring (bicyclic) bond motifs is 1. The van der Waals surface area contributed by atoms with E-state index in [2.05, 4.69) is 15.6 Å². The maximum absolute atomic E-state index is 12.3. The van der Waals surface area contributed by atoms with Crippen LogP contribution in [0, 0.1) is 13.8 Å². The number of pyridine rings is 1. The van der Waals surface area contributed by atoms with E-state index in [9.17, 15) is 14.4 Å². The minimum Gasteiger partial charge on any atom is -0.348 e. The average molecular weight is 363 g/mol. The van der Waals surface area contributed by atoms with E-state index in [1.54, 1.807) is 30.3 Å². The number of nitrogens with one attached hydrogen (secondary N) is 3. The molecule has 2 amide bonds. The molecule has 3 rings (SSSR count). The predicted octanol–water partition coefficient (Wildman–Crippen LogP) is 3.03. The summed E-state index contributed by atoms with van der Waals surface area (Å²) in [5, 5.41) is 6.34. The lowest BCUT2D eigenvalue weighted by atomic mass is 10.0. The zero-order chi connectivity index (χ0) is 19.6. The number of carbonyl (C=O) groups excluding carboxylic acids is 2. The first-order valence-electron chi connectivity index (χ1n) is 8.62. The van der Waals surface area contributed by atoms with Gasteiger partial charge in [-0.2, -0.15) is 0 Å². The van der Waals surface area contributed by atoms with E-state index in [1.165, 1.54) is 6.92 Å². The van der Waals surface area contributed by atoms with E-state index < -0.39 is 0 Å². The molecule has 0 aliphatic heterocycles. The lowest BCUT2D eigenvalue weighted by Gasteiger charge is -2.08. The van der Waals surface area contributed by atoms with Crippen molar-refractivity contribution in [3.05, 3.63) is 75.1 Å². The molecule has 0 spiro atoms. The molecule has 0 atom stereocenters. The second-order valence-corrected chi connectivity index (χ2v) is 6.59. The summed E-state index contributed by atoms with van der Waals surface area (Å²) < 4.78 is 0. The lowest BCUT2D eigenvalue weighted by Crippen LogP contribution is -2.26. The second kappa shape index (κ2) is 7.45. The fourth-order valence-electron chi connectivity index (χ4n) is 2.84. The molecule has 1 aromatic heterocycles. The van der Waals surface area contributed by atoms with Crippen LogP contribution in [0.3, 0.4) is 0 Å². The molecule has 0 aliphatic carbocycles. The van der Waals surface area contributed by atoms with E-state index in [-0.39, 0.29) is 23.9 Å². The van der Waals surface area contributed by atoms with Crippen molar-refractivity contribution in [1.29, 1.82) is 0 Å². The Hall–Kier alpha value is -3.41. The average Bonchev–Trinajstić information content (AvgIpc) is 2.61. The number of rotatable bonds is 4. The molecule has 2 aromatic carbocycles. The van der Waals surface area contributed by atoms with Gasteiger partial charge in [0.15, 0.2) is 0 Å². The van der Waals surface area contributed by atoms with Gasteiger partial charge in [0.2, 0.25) is 5.91 Å². The molecule has 138 valence electrons. The largest absolute Gasteiger partial charge is 0.348 e. The number of anilines is 1. The quantitative estimate of drug-likeness (QED) is 0.665. The predicted molar refractivity (Wildman–Crippen MR) is 106 cm³/mol. The van der Waals surface area contributed by atoms with Crippen molar-refractivity contribution in [2.45, 2.75) is 27.3 Å². The highest BCUT2D eigenvalue weighted by molar-refractivity contribution is 5.95. The van der Waals surface area contributed by atoms with Gasteiger partial charge >= 0.3 is 0 Å². The fourth-order valence-corrected chi connectivity index (χ4v) is 2.84. The van der Waals surface area contributed by atoms with Crippen LogP contribution < -0.4 is 16.2 Å². The van der Waals surface area contributed by atoms with Gasteiger partial charge in [0, 0.05) is 35.8 Å². The van der Waals surface area contributed by atoms with Crippen molar-refractivity contribution in [3.8, 4) is 0 Å². The first kappa shape index (κ1) is 18.4. The van der Waals surface area contributed by atoms with Crippen LogP contribution >= 0.6 is 0 Å². The highest BCUT2D eigenvalue weighted by Gasteiger charge is 2.09. The number of hydrogen-bond acceptors (Lipinski definition) is 3. The van der Waals surface area contributed by atoms with Gasteiger partial charge in [-0.25, -0.2) is 0 Å². The van der Waals surface area contributed by atoms with Crippen molar-refractivity contribution in [2.24, 2.45) is 0 Å². The van der Waals surface area contributed by atoms with E-state index >= 15 is 0 Å². The van der Waals surface area contributed by atoms with Crippen LogP contribution in [0.4, 0.5) is 5.69 Å². The monoisotopic (exact) mass is 363 g/mol. The molecule has 3 aromatic rings. The Kier molecular flexibility index (Phi) is 5.07. The number of aromatic amines is 1. The van der Waals surface area contributed by atoms with E-state index in [0.717, 1.165) is 22.0 Å². The zero-order valence-electron chi connectivity index (χ0n) is 15.5. The van der Waals surface area contributed by atoms with Gasteiger partial charge in [0.25, 0.3) is 11.5 Å².